The van der Waals surface area contributed by atoms with E-state index in [-0.39, 0.29) is 0 Å². The van der Waals surface area contributed by atoms with Gasteiger partial charge in [-0.25, -0.2) is 19.5 Å². The first-order chi connectivity index (χ1) is 15.0. The predicted molar refractivity (Wildman–Crippen MR) is 118 cm³/mol. The molecular weight excluding hydrogens is 392 g/mol. The van der Waals surface area contributed by atoms with E-state index >= 15 is 0 Å². The first-order valence-electron chi connectivity index (χ1n) is 9.67. The Morgan fingerprint density at radius 2 is 1.81 bits per heavy atom. The van der Waals surface area contributed by atoms with Gasteiger partial charge in [0.25, 0.3) is 0 Å². The van der Waals surface area contributed by atoms with Crippen molar-refractivity contribution in [3.63, 3.8) is 0 Å². The smallest absolute Gasteiger partial charge is 0.162 e. The molecule has 0 bridgehead atoms. The molecular formula is C21H20N10. The van der Waals surface area contributed by atoms with Crippen molar-refractivity contribution in [2.45, 2.75) is 13.8 Å². The monoisotopic (exact) mass is 412 g/mol. The molecule has 5 heterocycles. The number of aryl methyl sites for hydroxylation is 3. The van der Waals surface area contributed by atoms with Gasteiger partial charge >= 0.3 is 0 Å². The zero-order chi connectivity index (χ0) is 21.5. The Morgan fingerprint density at radius 3 is 2.55 bits per heavy atom. The van der Waals surface area contributed by atoms with E-state index in [0.29, 0.717) is 40.3 Å². The van der Waals surface area contributed by atoms with Crippen molar-refractivity contribution < 1.29 is 0 Å². The van der Waals surface area contributed by atoms with Crippen molar-refractivity contribution >= 4 is 23.1 Å². The second kappa shape index (κ2) is 7.17. The second-order valence-electron chi connectivity index (χ2n) is 7.21. The van der Waals surface area contributed by atoms with Crippen molar-refractivity contribution in [2.75, 3.05) is 11.1 Å². The maximum atomic E-state index is 6.01. The summed E-state index contributed by atoms with van der Waals surface area (Å²) in [6.07, 6.45) is 3.63. The molecule has 10 nitrogen and oxygen atoms in total. The number of nitrogens with two attached hydrogens (primary N) is 1. The highest BCUT2D eigenvalue weighted by Crippen LogP contribution is 2.31. The molecule has 5 rings (SSSR count). The number of nitrogen functional groups attached to an aromatic ring is 1. The summed E-state index contributed by atoms with van der Waals surface area (Å²) in [7, 11) is 1.86. The molecule has 0 aliphatic rings. The van der Waals surface area contributed by atoms with E-state index in [0.717, 1.165) is 17.0 Å². The summed E-state index contributed by atoms with van der Waals surface area (Å²) >= 11 is 0. The lowest BCUT2D eigenvalue weighted by Gasteiger charge is -2.08. The van der Waals surface area contributed by atoms with E-state index in [9.17, 15) is 0 Å². The highest BCUT2D eigenvalue weighted by molar-refractivity contribution is 5.78. The van der Waals surface area contributed by atoms with Gasteiger partial charge < -0.3 is 11.1 Å². The van der Waals surface area contributed by atoms with Crippen molar-refractivity contribution in [1.29, 1.82) is 0 Å². The van der Waals surface area contributed by atoms with Crippen LogP contribution in [0.15, 0.2) is 48.8 Å². The highest BCUT2D eigenvalue weighted by Gasteiger charge is 2.19. The topological polar surface area (TPSA) is 125 Å². The number of fused-ring (bicyclic) bond motifs is 1. The number of hydrogen-bond acceptors (Lipinski definition) is 8. The van der Waals surface area contributed by atoms with E-state index < -0.39 is 0 Å². The number of pyridine rings is 1. The SMILES string of the molecule is Cc1cc(-c2ccc3nc(Nc4ccn(C)n4)c(-c4cc(N)nc(C)n4)n3n2)ccn1. The molecule has 154 valence electrons. The number of anilines is 3. The fraction of sp³-hybridized carbons (Fsp3) is 0.143. The molecule has 0 radical (unpaired) electrons. The molecule has 0 saturated heterocycles. The van der Waals surface area contributed by atoms with Crippen molar-refractivity contribution in [3.05, 3.63) is 60.3 Å². The maximum Gasteiger partial charge on any atom is 0.162 e. The molecule has 0 aliphatic heterocycles. The lowest BCUT2D eigenvalue weighted by atomic mass is 10.1. The Hall–Kier alpha value is -4.34. The van der Waals surface area contributed by atoms with Crippen LogP contribution < -0.4 is 11.1 Å². The standard InChI is InChI=1S/C21H20N10/c1-12-10-14(6-8-23-12)15-4-5-19-27-21(26-18-7-9-30(3)29-18)20(31(19)28-15)16-11-17(22)25-13(2)24-16/h4-11H,1-3H3,(H,26,29)(H2,22,24,25). The zero-order valence-corrected chi connectivity index (χ0v) is 17.3. The summed E-state index contributed by atoms with van der Waals surface area (Å²) < 4.78 is 3.48. The van der Waals surface area contributed by atoms with Crippen LogP contribution in [0.3, 0.4) is 0 Å². The summed E-state index contributed by atoms with van der Waals surface area (Å²) in [5.74, 6) is 2.18. The third-order valence-corrected chi connectivity index (χ3v) is 4.73. The average molecular weight is 412 g/mol. The minimum Gasteiger partial charge on any atom is -0.384 e. The molecule has 0 aliphatic carbocycles. The zero-order valence-electron chi connectivity index (χ0n) is 17.3. The summed E-state index contributed by atoms with van der Waals surface area (Å²) in [6.45, 7) is 3.75. The summed E-state index contributed by atoms with van der Waals surface area (Å²) in [4.78, 5) is 17.8. The van der Waals surface area contributed by atoms with Crippen molar-refractivity contribution in [2.24, 2.45) is 7.05 Å². The van der Waals surface area contributed by atoms with E-state index in [1.807, 2.05) is 50.5 Å². The number of hydrogen-bond donors (Lipinski definition) is 2. The number of nitrogens with zero attached hydrogens (tertiary/aromatic N) is 8. The third-order valence-electron chi connectivity index (χ3n) is 4.73. The van der Waals surface area contributed by atoms with Crippen molar-refractivity contribution in [3.8, 4) is 22.6 Å². The van der Waals surface area contributed by atoms with Crippen LogP contribution in [0.2, 0.25) is 0 Å². The van der Waals surface area contributed by atoms with E-state index in [1.54, 1.807) is 28.4 Å². The first-order valence-corrected chi connectivity index (χ1v) is 9.67. The minimum atomic E-state index is 0.377. The van der Waals surface area contributed by atoms with Crippen LogP contribution in [-0.2, 0) is 7.05 Å². The second-order valence-corrected chi connectivity index (χ2v) is 7.21. The maximum absolute atomic E-state index is 6.01. The molecule has 0 fully saturated rings. The van der Waals surface area contributed by atoms with Gasteiger partial charge in [0.1, 0.15) is 17.3 Å². The third kappa shape index (κ3) is 3.54. The van der Waals surface area contributed by atoms with Crippen LogP contribution in [0.25, 0.3) is 28.3 Å². The van der Waals surface area contributed by atoms with Gasteiger partial charge in [0.2, 0.25) is 0 Å². The average Bonchev–Trinajstić information content (AvgIpc) is 3.29. The van der Waals surface area contributed by atoms with Gasteiger partial charge in [-0.1, -0.05) is 0 Å². The van der Waals surface area contributed by atoms with Crippen LogP contribution in [0.5, 0.6) is 0 Å². The quantitative estimate of drug-likeness (QED) is 0.462. The van der Waals surface area contributed by atoms with Crippen LogP contribution in [0.1, 0.15) is 11.5 Å². The molecule has 31 heavy (non-hydrogen) atoms. The van der Waals surface area contributed by atoms with E-state index in [1.165, 1.54) is 0 Å². The first kappa shape index (κ1) is 18.7. The molecule has 5 aromatic heterocycles. The Bertz CT molecular complexity index is 1390. The molecule has 0 saturated carbocycles. The van der Waals surface area contributed by atoms with Gasteiger partial charge in [-0.15, -0.1) is 0 Å². The van der Waals surface area contributed by atoms with Gasteiger partial charge in [0.05, 0.1) is 11.4 Å². The fourth-order valence-corrected chi connectivity index (χ4v) is 3.42. The molecule has 0 unspecified atom stereocenters. The van der Waals surface area contributed by atoms with E-state index in [2.05, 4.69) is 25.4 Å². The van der Waals surface area contributed by atoms with Crippen molar-refractivity contribution in [1.82, 2.24) is 39.3 Å². The van der Waals surface area contributed by atoms with Gasteiger partial charge in [0.15, 0.2) is 17.3 Å². The van der Waals surface area contributed by atoms with Gasteiger partial charge in [-0.3, -0.25) is 9.67 Å². The molecule has 3 N–H and O–H groups in total. The largest absolute Gasteiger partial charge is 0.384 e. The Balaban J connectivity index is 1.73. The summed E-state index contributed by atoms with van der Waals surface area (Å²) in [6, 6.07) is 11.4. The number of rotatable bonds is 4. The van der Waals surface area contributed by atoms with Crippen LogP contribution in [0, 0.1) is 13.8 Å². The van der Waals surface area contributed by atoms with Crippen LogP contribution >= 0.6 is 0 Å². The Morgan fingerprint density at radius 1 is 0.935 bits per heavy atom. The lowest BCUT2D eigenvalue weighted by molar-refractivity contribution is 0.771. The van der Waals surface area contributed by atoms with Gasteiger partial charge in [-0.2, -0.15) is 10.2 Å². The molecule has 0 aromatic carbocycles. The minimum absolute atomic E-state index is 0.377. The van der Waals surface area contributed by atoms with Crippen LogP contribution in [-0.4, -0.2) is 39.3 Å². The summed E-state index contributed by atoms with van der Waals surface area (Å²) in [5, 5.41) is 12.5. The highest BCUT2D eigenvalue weighted by atomic mass is 15.3. The number of nitrogens with one attached hydrogen (secondary N) is 1. The Labute approximate surface area is 177 Å². The normalized spacial score (nSPS) is 11.2. The van der Waals surface area contributed by atoms with Crippen LogP contribution in [0.4, 0.5) is 17.5 Å². The predicted octanol–water partition coefficient (Wildman–Crippen LogP) is 2.92. The summed E-state index contributed by atoms with van der Waals surface area (Å²) in [5.41, 5.74) is 10.6. The van der Waals surface area contributed by atoms with Gasteiger partial charge in [-0.05, 0) is 38.1 Å². The molecule has 0 amide bonds. The Kier molecular flexibility index (Phi) is 4.32. The van der Waals surface area contributed by atoms with Gasteiger partial charge in [0, 0.05) is 42.8 Å². The van der Waals surface area contributed by atoms with E-state index in [4.69, 9.17) is 15.8 Å². The molecule has 10 heteroatoms. The lowest BCUT2D eigenvalue weighted by Crippen LogP contribution is -2.03. The molecule has 0 spiro atoms. The number of imidazole rings is 1. The number of aromatic nitrogens is 8. The molecule has 5 aromatic rings. The fourth-order valence-electron chi connectivity index (χ4n) is 3.42. The molecule has 0 atom stereocenters.